The van der Waals surface area contributed by atoms with Crippen molar-refractivity contribution in [3.8, 4) is 11.5 Å². The molecule has 0 unspecified atom stereocenters. The van der Waals surface area contributed by atoms with Crippen LogP contribution in [0, 0.1) is 0 Å². The van der Waals surface area contributed by atoms with Gasteiger partial charge in [-0.15, -0.1) is 0 Å². The van der Waals surface area contributed by atoms with E-state index in [1.165, 1.54) is 0 Å². The predicted molar refractivity (Wildman–Crippen MR) is 156 cm³/mol. The van der Waals surface area contributed by atoms with Gasteiger partial charge >= 0.3 is 0 Å². The molecule has 0 radical (unpaired) electrons. The zero-order valence-electron chi connectivity index (χ0n) is 23.5. The van der Waals surface area contributed by atoms with Crippen LogP contribution in [0.2, 0.25) is 0 Å². The van der Waals surface area contributed by atoms with E-state index in [2.05, 4.69) is 15.3 Å². The lowest BCUT2D eigenvalue weighted by Crippen LogP contribution is -2.51. The highest BCUT2D eigenvalue weighted by atomic mass is 16.5. The fourth-order valence-corrected chi connectivity index (χ4v) is 4.76. The van der Waals surface area contributed by atoms with Crippen LogP contribution >= 0.6 is 0 Å². The maximum Gasteiger partial charge on any atom is 0.252 e. The van der Waals surface area contributed by atoms with Crippen molar-refractivity contribution in [3.05, 3.63) is 105 Å². The van der Waals surface area contributed by atoms with E-state index >= 15 is 0 Å². The molecule has 1 amide bonds. The van der Waals surface area contributed by atoms with Gasteiger partial charge in [-0.3, -0.25) is 4.79 Å². The summed E-state index contributed by atoms with van der Waals surface area (Å²) in [7, 11) is 1.59. The van der Waals surface area contributed by atoms with Gasteiger partial charge in [0.2, 0.25) is 5.90 Å². The highest BCUT2D eigenvalue weighted by Gasteiger charge is 2.53. The minimum atomic E-state index is -1.38. The van der Waals surface area contributed by atoms with Gasteiger partial charge in [0.05, 0.1) is 20.3 Å². The molecule has 3 aromatic carbocycles. The number of ether oxygens (including phenoxy) is 3. The lowest BCUT2D eigenvalue weighted by Gasteiger charge is -2.32. The largest absolute Gasteiger partial charge is 0.497 e. The summed E-state index contributed by atoms with van der Waals surface area (Å²) in [6.07, 6.45) is -0.0375. The van der Waals surface area contributed by atoms with E-state index in [9.17, 15) is 4.79 Å². The van der Waals surface area contributed by atoms with Crippen molar-refractivity contribution in [1.29, 1.82) is 0 Å². The molecule has 0 aromatic heterocycles. The van der Waals surface area contributed by atoms with Crippen molar-refractivity contribution in [2.24, 2.45) is 10.1 Å². The highest BCUT2D eigenvalue weighted by molar-refractivity contribution is 6.01. The second-order valence-electron chi connectivity index (χ2n) is 10.0. The molecule has 10 heteroatoms. The average Bonchev–Trinajstić information content (AvgIpc) is 3.37. The Kier molecular flexibility index (Phi) is 9.84. The SMILES string of the molecule is COc1cccc([C@H]2OC(c3ccc(OCCCO)cc3)=N[C@@]2(Cc2ccccc2CN=[N+]=[N-])C(=O)NC(C)C)c1. The van der Waals surface area contributed by atoms with Crippen LogP contribution in [0.1, 0.15) is 48.6 Å². The molecule has 0 aliphatic carbocycles. The van der Waals surface area contributed by atoms with Gasteiger partial charge in [-0.25, -0.2) is 4.99 Å². The molecule has 0 fully saturated rings. The summed E-state index contributed by atoms with van der Waals surface area (Å²) in [4.78, 5) is 22.1. The highest BCUT2D eigenvalue weighted by Crippen LogP contribution is 2.43. The number of aliphatic imine (C=N–C) groups is 1. The van der Waals surface area contributed by atoms with Gasteiger partial charge in [0.1, 0.15) is 11.5 Å². The number of carbonyl (C=O) groups excluding carboxylic acids is 1. The molecule has 0 saturated heterocycles. The van der Waals surface area contributed by atoms with Gasteiger partial charge in [0.15, 0.2) is 11.6 Å². The van der Waals surface area contributed by atoms with E-state index in [4.69, 9.17) is 29.8 Å². The van der Waals surface area contributed by atoms with Crippen molar-refractivity contribution >= 4 is 11.8 Å². The topological polar surface area (TPSA) is 138 Å². The Morgan fingerprint density at radius 3 is 2.56 bits per heavy atom. The van der Waals surface area contributed by atoms with E-state index in [1.807, 2.05) is 86.6 Å². The molecule has 41 heavy (non-hydrogen) atoms. The third-order valence-corrected chi connectivity index (χ3v) is 6.73. The smallest absolute Gasteiger partial charge is 0.252 e. The first-order valence-corrected chi connectivity index (χ1v) is 13.5. The number of aliphatic hydroxyl groups excluding tert-OH is 1. The van der Waals surface area contributed by atoms with Gasteiger partial charge < -0.3 is 24.6 Å². The number of azide groups is 1. The van der Waals surface area contributed by atoms with Crippen LogP contribution in [-0.2, 0) is 22.5 Å². The molecule has 0 saturated carbocycles. The predicted octanol–water partition coefficient (Wildman–Crippen LogP) is 5.29. The number of nitrogens with zero attached hydrogens (tertiary/aromatic N) is 4. The fourth-order valence-electron chi connectivity index (χ4n) is 4.76. The molecule has 4 rings (SSSR count). The minimum Gasteiger partial charge on any atom is -0.497 e. The van der Waals surface area contributed by atoms with Crippen molar-refractivity contribution < 1.29 is 24.1 Å². The average molecular weight is 558 g/mol. The van der Waals surface area contributed by atoms with E-state index in [0.717, 1.165) is 16.7 Å². The monoisotopic (exact) mass is 557 g/mol. The van der Waals surface area contributed by atoms with Gasteiger partial charge in [-0.05, 0) is 72.5 Å². The summed E-state index contributed by atoms with van der Waals surface area (Å²) in [6.45, 7) is 4.41. The molecule has 214 valence electrons. The number of aliphatic hydroxyl groups is 1. The first kappa shape index (κ1) is 29.5. The van der Waals surface area contributed by atoms with Crippen LogP contribution in [0.3, 0.4) is 0 Å². The minimum absolute atomic E-state index is 0.0565. The van der Waals surface area contributed by atoms with E-state index in [-0.39, 0.29) is 31.5 Å². The van der Waals surface area contributed by atoms with Crippen molar-refractivity contribution in [2.45, 2.75) is 50.9 Å². The molecular weight excluding hydrogens is 522 g/mol. The Bertz CT molecular complexity index is 1420. The Morgan fingerprint density at radius 2 is 1.88 bits per heavy atom. The Hall–Kier alpha value is -4.53. The van der Waals surface area contributed by atoms with Crippen LogP contribution in [-0.4, -0.2) is 48.8 Å². The summed E-state index contributed by atoms with van der Waals surface area (Å²) in [5, 5.41) is 15.9. The molecule has 3 aromatic rings. The zero-order chi connectivity index (χ0) is 29.2. The van der Waals surface area contributed by atoms with Gasteiger partial charge in [-0.1, -0.05) is 41.5 Å². The van der Waals surface area contributed by atoms with Crippen molar-refractivity contribution in [3.63, 3.8) is 0 Å². The standard InChI is InChI=1S/C31H35N5O5/c1-21(2)34-30(38)31(19-24-8-4-5-9-25(24)20-33-36-32)28(23-10-6-11-27(18-23)39-3)41-29(35-31)22-12-14-26(15-13-22)40-17-7-16-37/h4-6,8-15,18,21,28,37H,7,16-17,19-20H2,1-3H3,(H,34,38)/t28-,31-/m1/s1. The molecular formula is C31H35N5O5. The maximum atomic E-state index is 14.2. The van der Waals surface area contributed by atoms with Gasteiger partial charge in [0.25, 0.3) is 5.91 Å². The zero-order valence-corrected chi connectivity index (χ0v) is 23.5. The third kappa shape index (κ3) is 6.98. The summed E-state index contributed by atoms with van der Waals surface area (Å²) < 4.78 is 17.7. The number of amides is 1. The fraction of sp³-hybridized carbons (Fsp3) is 0.355. The van der Waals surface area contributed by atoms with Crippen LogP contribution < -0.4 is 14.8 Å². The number of hydrogen-bond donors (Lipinski definition) is 2. The van der Waals surface area contributed by atoms with Crippen LogP contribution in [0.5, 0.6) is 11.5 Å². The Labute approximate surface area is 239 Å². The quantitative estimate of drug-likeness (QED) is 0.127. The summed E-state index contributed by atoms with van der Waals surface area (Å²) in [5.74, 6) is 1.33. The Morgan fingerprint density at radius 1 is 1.12 bits per heavy atom. The first-order chi connectivity index (χ1) is 19.9. The normalized spacial score (nSPS) is 17.8. The van der Waals surface area contributed by atoms with Crippen molar-refractivity contribution in [1.82, 2.24) is 5.32 Å². The van der Waals surface area contributed by atoms with E-state index in [0.29, 0.717) is 36.0 Å². The van der Waals surface area contributed by atoms with Crippen molar-refractivity contribution in [2.75, 3.05) is 20.3 Å². The lowest BCUT2D eigenvalue weighted by molar-refractivity contribution is -0.129. The first-order valence-electron chi connectivity index (χ1n) is 13.5. The molecule has 1 heterocycles. The molecule has 2 atom stereocenters. The van der Waals surface area contributed by atoms with E-state index in [1.54, 1.807) is 7.11 Å². The number of rotatable bonds is 13. The molecule has 0 bridgehead atoms. The number of nitrogens with one attached hydrogen (secondary N) is 1. The van der Waals surface area contributed by atoms with Crippen LogP contribution in [0.25, 0.3) is 10.4 Å². The maximum absolute atomic E-state index is 14.2. The van der Waals surface area contributed by atoms with Crippen LogP contribution in [0.4, 0.5) is 0 Å². The summed E-state index contributed by atoms with van der Waals surface area (Å²) >= 11 is 0. The number of benzene rings is 3. The molecule has 1 aliphatic rings. The molecule has 1 aliphatic heterocycles. The van der Waals surface area contributed by atoms with E-state index < -0.39 is 11.6 Å². The van der Waals surface area contributed by atoms with Crippen LogP contribution in [0.15, 0.2) is 82.9 Å². The number of carbonyl (C=O) groups is 1. The Balaban J connectivity index is 1.84. The molecule has 10 nitrogen and oxygen atoms in total. The third-order valence-electron chi connectivity index (χ3n) is 6.73. The summed E-state index contributed by atoms with van der Waals surface area (Å²) in [6, 6.07) is 22.1. The molecule has 2 N–H and O–H groups in total. The van der Waals surface area contributed by atoms with Gasteiger partial charge in [-0.2, -0.15) is 0 Å². The second kappa shape index (κ2) is 13.7. The number of hydrogen-bond acceptors (Lipinski definition) is 7. The summed E-state index contributed by atoms with van der Waals surface area (Å²) in [5.41, 5.74) is 10.6. The molecule has 0 spiro atoms. The van der Waals surface area contributed by atoms with Gasteiger partial charge in [0, 0.05) is 36.0 Å². The second-order valence-corrected chi connectivity index (χ2v) is 10.0. The lowest BCUT2D eigenvalue weighted by atomic mass is 9.80. The number of methoxy groups -OCH3 is 1.